The molecule has 0 saturated heterocycles. The Kier molecular flexibility index (Phi) is 7.02. The molecule has 1 aromatic carbocycles. The highest BCUT2D eigenvalue weighted by molar-refractivity contribution is 9.10. The van der Waals surface area contributed by atoms with Gasteiger partial charge in [-0.05, 0) is 36.1 Å². The molecule has 30 heavy (non-hydrogen) atoms. The van der Waals surface area contributed by atoms with Crippen molar-refractivity contribution in [1.29, 1.82) is 0 Å². The summed E-state index contributed by atoms with van der Waals surface area (Å²) in [6.07, 6.45) is 0.715. The van der Waals surface area contributed by atoms with Crippen LogP contribution in [0.5, 0.6) is 0 Å². The SMILES string of the molecule is CS(=O)(=O)O.Cc1cc(Nc2nc(NCc3cccc(Br)c3)nc3ccsc23)n[nH]1. The van der Waals surface area contributed by atoms with E-state index in [0.717, 1.165) is 37.6 Å². The van der Waals surface area contributed by atoms with E-state index in [9.17, 15) is 8.42 Å². The van der Waals surface area contributed by atoms with Crippen LogP contribution in [0, 0.1) is 6.92 Å². The second-order valence-electron chi connectivity index (χ2n) is 6.31. The normalized spacial score (nSPS) is 11.1. The molecule has 0 atom stereocenters. The number of anilines is 3. The number of fused-ring (bicyclic) bond motifs is 1. The van der Waals surface area contributed by atoms with E-state index in [1.54, 1.807) is 11.3 Å². The molecule has 0 amide bonds. The average molecular weight is 511 g/mol. The molecule has 3 heterocycles. The van der Waals surface area contributed by atoms with Crippen molar-refractivity contribution in [2.24, 2.45) is 0 Å². The van der Waals surface area contributed by atoms with Crippen LogP contribution in [0.2, 0.25) is 0 Å². The van der Waals surface area contributed by atoms with E-state index in [4.69, 9.17) is 4.55 Å². The molecule has 0 aliphatic heterocycles. The quantitative estimate of drug-likeness (QED) is 0.291. The molecule has 4 aromatic rings. The zero-order chi connectivity index (χ0) is 21.7. The van der Waals surface area contributed by atoms with E-state index in [2.05, 4.69) is 58.9 Å². The monoisotopic (exact) mass is 510 g/mol. The predicted octanol–water partition coefficient (Wildman–Crippen LogP) is 4.35. The fraction of sp³-hybridized carbons (Fsp3) is 0.167. The smallest absolute Gasteiger partial charge is 0.261 e. The van der Waals surface area contributed by atoms with Gasteiger partial charge in [0.05, 0.1) is 16.5 Å². The first-order chi connectivity index (χ1) is 14.2. The van der Waals surface area contributed by atoms with Crippen LogP contribution in [0.1, 0.15) is 11.3 Å². The highest BCUT2D eigenvalue weighted by Crippen LogP contribution is 2.29. The number of aromatic nitrogens is 4. The van der Waals surface area contributed by atoms with Gasteiger partial charge in [0.25, 0.3) is 10.1 Å². The van der Waals surface area contributed by atoms with Gasteiger partial charge in [0.2, 0.25) is 5.95 Å². The Morgan fingerprint density at radius 3 is 2.67 bits per heavy atom. The maximum absolute atomic E-state index is 9.19. The molecule has 4 rings (SSSR count). The molecule has 0 aliphatic rings. The van der Waals surface area contributed by atoms with Gasteiger partial charge in [0.1, 0.15) is 0 Å². The lowest BCUT2D eigenvalue weighted by Crippen LogP contribution is -2.05. The van der Waals surface area contributed by atoms with Gasteiger partial charge < -0.3 is 10.6 Å². The van der Waals surface area contributed by atoms with Crippen molar-refractivity contribution >= 4 is 65.2 Å². The number of halogens is 1. The zero-order valence-electron chi connectivity index (χ0n) is 16.0. The van der Waals surface area contributed by atoms with Crippen molar-refractivity contribution in [3.05, 3.63) is 57.5 Å². The third-order valence-electron chi connectivity index (χ3n) is 3.60. The van der Waals surface area contributed by atoms with Crippen molar-refractivity contribution in [3.63, 3.8) is 0 Å². The number of aromatic amines is 1. The molecular weight excluding hydrogens is 492 g/mol. The van der Waals surface area contributed by atoms with E-state index >= 15 is 0 Å². The molecule has 0 radical (unpaired) electrons. The number of thiophene rings is 1. The Balaban J connectivity index is 0.000000461. The molecule has 0 unspecified atom stereocenters. The topological polar surface area (TPSA) is 133 Å². The first-order valence-corrected chi connectivity index (χ1v) is 12.1. The third-order valence-corrected chi connectivity index (χ3v) is 5.00. The van der Waals surface area contributed by atoms with E-state index < -0.39 is 10.1 Å². The fourth-order valence-corrected chi connectivity index (χ4v) is 3.68. The van der Waals surface area contributed by atoms with Crippen LogP contribution in [0.15, 0.2) is 46.3 Å². The Morgan fingerprint density at radius 1 is 1.23 bits per heavy atom. The number of hydrogen-bond donors (Lipinski definition) is 4. The maximum atomic E-state index is 9.19. The number of rotatable bonds is 5. The molecule has 0 saturated carbocycles. The van der Waals surface area contributed by atoms with Gasteiger partial charge in [-0.2, -0.15) is 18.5 Å². The summed E-state index contributed by atoms with van der Waals surface area (Å²) in [5.41, 5.74) is 3.05. The number of nitrogens with zero attached hydrogens (tertiary/aromatic N) is 3. The second kappa shape index (κ2) is 9.51. The zero-order valence-corrected chi connectivity index (χ0v) is 19.3. The summed E-state index contributed by atoms with van der Waals surface area (Å²) in [5, 5.41) is 15.7. The first kappa shape index (κ1) is 22.2. The van der Waals surface area contributed by atoms with Crippen LogP contribution in [0.4, 0.5) is 17.6 Å². The van der Waals surface area contributed by atoms with Crippen molar-refractivity contribution in [1.82, 2.24) is 20.2 Å². The summed E-state index contributed by atoms with van der Waals surface area (Å²) in [4.78, 5) is 9.22. The summed E-state index contributed by atoms with van der Waals surface area (Å²) < 4.78 is 27.9. The van der Waals surface area contributed by atoms with Crippen LogP contribution < -0.4 is 10.6 Å². The van der Waals surface area contributed by atoms with Crippen molar-refractivity contribution in [2.75, 3.05) is 16.9 Å². The minimum atomic E-state index is -3.67. The van der Waals surface area contributed by atoms with Gasteiger partial charge in [-0.15, -0.1) is 11.3 Å². The number of hydrogen-bond acceptors (Lipinski definition) is 8. The number of benzene rings is 1. The summed E-state index contributed by atoms with van der Waals surface area (Å²) in [6, 6.07) is 12.1. The second-order valence-corrected chi connectivity index (χ2v) is 9.61. The molecule has 9 nitrogen and oxygen atoms in total. The van der Waals surface area contributed by atoms with E-state index in [1.807, 2.05) is 36.6 Å². The number of H-pyrrole nitrogens is 1. The van der Waals surface area contributed by atoms with Crippen molar-refractivity contribution in [3.8, 4) is 0 Å². The van der Waals surface area contributed by atoms with E-state index in [1.165, 1.54) is 0 Å². The van der Waals surface area contributed by atoms with Gasteiger partial charge in [-0.25, -0.2) is 4.98 Å². The largest absolute Gasteiger partial charge is 0.350 e. The van der Waals surface area contributed by atoms with E-state index in [-0.39, 0.29) is 0 Å². The predicted molar refractivity (Wildman–Crippen MR) is 123 cm³/mol. The Morgan fingerprint density at radius 2 is 2.00 bits per heavy atom. The lowest BCUT2D eigenvalue weighted by atomic mass is 10.2. The molecule has 158 valence electrons. The van der Waals surface area contributed by atoms with Crippen LogP contribution in [0.25, 0.3) is 10.2 Å². The average Bonchev–Trinajstić information content (AvgIpc) is 3.27. The molecule has 0 fully saturated rings. The van der Waals surface area contributed by atoms with Gasteiger partial charge in [-0.3, -0.25) is 9.65 Å². The minimum absolute atomic E-state index is 0.584. The van der Waals surface area contributed by atoms with Gasteiger partial charge in [-0.1, -0.05) is 28.1 Å². The molecule has 12 heteroatoms. The first-order valence-electron chi connectivity index (χ1n) is 8.62. The Labute approximate surface area is 185 Å². The third kappa shape index (κ3) is 6.76. The molecule has 0 spiro atoms. The van der Waals surface area contributed by atoms with Gasteiger partial charge in [0.15, 0.2) is 11.6 Å². The summed E-state index contributed by atoms with van der Waals surface area (Å²) in [7, 11) is -3.67. The minimum Gasteiger partial charge on any atom is -0.350 e. The molecule has 3 aromatic heterocycles. The lowest BCUT2D eigenvalue weighted by molar-refractivity contribution is 0.490. The van der Waals surface area contributed by atoms with Crippen LogP contribution in [0.3, 0.4) is 0 Å². The van der Waals surface area contributed by atoms with Gasteiger partial charge >= 0.3 is 0 Å². The Hall–Kier alpha value is -2.54. The van der Waals surface area contributed by atoms with Gasteiger partial charge in [0, 0.05) is 22.8 Å². The molecule has 0 aliphatic carbocycles. The van der Waals surface area contributed by atoms with Crippen LogP contribution in [-0.4, -0.2) is 39.4 Å². The van der Waals surface area contributed by atoms with Crippen LogP contribution in [-0.2, 0) is 16.7 Å². The summed E-state index contributed by atoms with van der Waals surface area (Å²) >= 11 is 5.09. The van der Waals surface area contributed by atoms with Crippen molar-refractivity contribution < 1.29 is 13.0 Å². The molecule has 4 N–H and O–H groups in total. The summed E-state index contributed by atoms with van der Waals surface area (Å²) in [5.74, 6) is 2.08. The van der Waals surface area contributed by atoms with Crippen molar-refractivity contribution in [2.45, 2.75) is 13.5 Å². The lowest BCUT2D eigenvalue weighted by Gasteiger charge is -2.09. The van der Waals surface area contributed by atoms with Crippen LogP contribution >= 0.6 is 27.3 Å². The number of nitrogens with one attached hydrogen (secondary N) is 3. The number of aryl methyl sites for hydroxylation is 1. The standard InChI is InChI=1S/C17H15BrN6S.CH4O3S/c1-10-7-14(24-23-10)21-16-15-13(5-6-25-15)20-17(22-16)19-9-11-3-2-4-12(18)8-11;1-5(2,3)4/h2-8H,9H2,1H3,(H3,19,20,21,22,23,24);1H3,(H,2,3,4). The molecular formula is C18H19BrN6O3S2. The highest BCUT2D eigenvalue weighted by Gasteiger charge is 2.10. The molecule has 0 bridgehead atoms. The highest BCUT2D eigenvalue weighted by atomic mass is 79.9. The maximum Gasteiger partial charge on any atom is 0.261 e. The Bertz CT molecular complexity index is 1250. The van der Waals surface area contributed by atoms with E-state index in [0.29, 0.717) is 18.7 Å². The fourth-order valence-electron chi connectivity index (χ4n) is 2.46. The summed E-state index contributed by atoms with van der Waals surface area (Å²) in [6.45, 7) is 2.61.